The van der Waals surface area contributed by atoms with Gasteiger partial charge in [0.15, 0.2) is 5.82 Å². The van der Waals surface area contributed by atoms with E-state index in [0.29, 0.717) is 17.9 Å². The highest BCUT2D eigenvalue weighted by Crippen LogP contribution is 2.06. The maximum absolute atomic E-state index is 11.8. The van der Waals surface area contributed by atoms with Gasteiger partial charge in [-0.15, -0.1) is 0 Å². The number of amides is 1. The molecule has 2 aromatic heterocycles. The van der Waals surface area contributed by atoms with E-state index in [1.54, 1.807) is 13.1 Å². The number of carbonyl (C=O) groups is 1. The minimum Gasteiger partial charge on any atom is -0.472 e. The van der Waals surface area contributed by atoms with E-state index in [2.05, 4.69) is 15.2 Å². The number of nitrogens with one attached hydrogen (secondary N) is 1. The summed E-state index contributed by atoms with van der Waals surface area (Å²) in [4.78, 5) is 17.5. The quantitative estimate of drug-likeness (QED) is 0.836. The zero-order chi connectivity index (χ0) is 11.5. The highest BCUT2D eigenvalue weighted by molar-refractivity contribution is 5.93. The van der Waals surface area contributed by atoms with Gasteiger partial charge >= 0.3 is 0 Å². The van der Waals surface area contributed by atoms with Crippen molar-refractivity contribution in [3.8, 4) is 0 Å². The first-order valence-corrected chi connectivity index (χ1v) is 4.82. The molecule has 0 bridgehead atoms. The Balaban J connectivity index is 2.03. The largest absolute Gasteiger partial charge is 0.472 e. The molecule has 0 saturated carbocycles. The van der Waals surface area contributed by atoms with Crippen molar-refractivity contribution in [1.82, 2.24) is 20.1 Å². The number of H-pyrrole nitrogens is 1. The predicted octanol–water partition coefficient (Wildman–Crippen LogP) is 0.978. The van der Waals surface area contributed by atoms with Crippen LogP contribution in [0.25, 0.3) is 0 Å². The van der Waals surface area contributed by atoms with E-state index in [-0.39, 0.29) is 5.91 Å². The van der Waals surface area contributed by atoms with Crippen molar-refractivity contribution >= 4 is 5.91 Å². The number of aromatic nitrogens is 3. The number of nitrogens with zero attached hydrogens (tertiary/aromatic N) is 3. The third-order valence-corrected chi connectivity index (χ3v) is 2.14. The molecule has 6 heteroatoms. The average molecular weight is 220 g/mol. The Morgan fingerprint density at radius 3 is 3.00 bits per heavy atom. The fourth-order valence-corrected chi connectivity index (χ4v) is 1.35. The van der Waals surface area contributed by atoms with E-state index < -0.39 is 0 Å². The Hall–Kier alpha value is -2.11. The molecule has 0 aromatic carbocycles. The summed E-state index contributed by atoms with van der Waals surface area (Å²) in [5, 5.41) is 6.70. The average Bonchev–Trinajstić information content (AvgIpc) is 2.88. The molecule has 0 saturated heterocycles. The standard InChI is InChI=1S/C10H12N4O2/c1-7-11-9(13-12-7)5-14(2)10(15)8-3-4-16-6-8/h3-4,6H,5H2,1-2H3,(H,11,12,13). The smallest absolute Gasteiger partial charge is 0.257 e. The lowest BCUT2D eigenvalue weighted by Gasteiger charge is -2.13. The number of hydrogen-bond acceptors (Lipinski definition) is 4. The van der Waals surface area contributed by atoms with Gasteiger partial charge in [0.05, 0.1) is 18.4 Å². The molecule has 0 spiro atoms. The lowest BCUT2D eigenvalue weighted by atomic mass is 10.3. The number of aromatic amines is 1. The number of furan rings is 1. The maximum atomic E-state index is 11.8. The maximum Gasteiger partial charge on any atom is 0.257 e. The Morgan fingerprint density at radius 2 is 2.44 bits per heavy atom. The summed E-state index contributed by atoms with van der Waals surface area (Å²) in [5.74, 6) is 1.22. The Bertz CT molecular complexity index is 475. The topological polar surface area (TPSA) is 75.0 Å². The van der Waals surface area contributed by atoms with E-state index in [1.165, 1.54) is 17.4 Å². The van der Waals surface area contributed by atoms with E-state index in [4.69, 9.17) is 4.42 Å². The van der Waals surface area contributed by atoms with Crippen LogP contribution in [0.4, 0.5) is 0 Å². The van der Waals surface area contributed by atoms with E-state index in [1.807, 2.05) is 6.92 Å². The van der Waals surface area contributed by atoms with Crippen LogP contribution < -0.4 is 0 Å². The van der Waals surface area contributed by atoms with Crippen LogP contribution in [0, 0.1) is 6.92 Å². The van der Waals surface area contributed by atoms with Crippen molar-refractivity contribution in [2.24, 2.45) is 0 Å². The number of rotatable bonds is 3. The summed E-state index contributed by atoms with van der Waals surface area (Å²) in [6, 6.07) is 1.63. The third-order valence-electron chi connectivity index (χ3n) is 2.14. The first kappa shape index (κ1) is 10.4. The molecule has 0 unspecified atom stereocenters. The summed E-state index contributed by atoms with van der Waals surface area (Å²) in [6.07, 6.45) is 2.89. The molecule has 2 heterocycles. The lowest BCUT2D eigenvalue weighted by Crippen LogP contribution is -2.26. The van der Waals surface area contributed by atoms with Gasteiger partial charge in [-0.25, -0.2) is 4.98 Å². The molecule has 1 N–H and O–H groups in total. The molecule has 84 valence electrons. The van der Waals surface area contributed by atoms with Crippen molar-refractivity contribution < 1.29 is 9.21 Å². The van der Waals surface area contributed by atoms with Crippen LogP contribution in [0.5, 0.6) is 0 Å². The van der Waals surface area contributed by atoms with Crippen LogP contribution in [0.1, 0.15) is 22.0 Å². The van der Waals surface area contributed by atoms with Crippen LogP contribution in [0.2, 0.25) is 0 Å². The predicted molar refractivity (Wildman–Crippen MR) is 55.6 cm³/mol. The second-order valence-corrected chi connectivity index (χ2v) is 3.51. The molecule has 0 atom stereocenters. The van der Waals surface area contributed by atoms with Crippen molar-refractivity contribution in [2.75, 3.05) is 7.05 Å². The summed E-state index contributed by atoms with van der Waals surface area (Å²) in [5.41, 5.74) is 0.523. The summed E-state index contributed by atoms with van der Waals surface area (Å²) >= 11 is 0. The third kappa shape index (κ3) is 2.10. The molecule has 0 aliphatic heterocycles. The number of hydrogen-bond donors (Lipinski definition) is 1. The first-order chi connectivity index (χ1) is 7.66. The molecule has 16 heavy (non-hydrogen) atoms. The van der Waals surface area contributed by atoms with Crippen LogP contribution in [0.3, 0.4) is 0 Å². The molecule has 2 rings (SSSR count). The van der Waals surface area contributed by atoms with Crippen molar-refractivity contribution in [2.45, 2.75) is 13.5 Å². The Labute approximate surface area is 92.3 Å². The number of aryl methyl sites for hydroxylation is 1. The number of carbonyl (C=O) groups excluding carboxylic acids is 1. The minimum absolute atomic E-state index is 0.115. The Morgan fingerprint density at radius 1 is 1.62 bits per heavy atom. The lowest BCUT2D eigenvalue weighted by molar-refractivity contribution is 0.0781. The first-order valence-electron chi connectivity index (χ1n) is 4.82. The van der Waals surface area contributed by atoms with E-state index in [0.717, 1.165) is 5.82 Å². The monoisotopic (exact) mass is 220 g/mol. The van der Waals surface area contributed by atoms with Crippen molar-refractivity contribution in [1.29, 1.82) is 0 Å². The zero-order valence-electron chi connectivity index (χ0n) is 9.10. The van der Waals surface area contributed by atoms with Crippen molar-refractivity contribution in [3.05, 3.63) is 35.8 Å². The molecule has 1 amide bonds. The molecular weight excluding hydrogens is 208 g/mol. The summed E-state index contributed by atoms with van der Waals surface area (Å²) < 4.78 is 4.86. The molecule has 6 nitrogen and oxygen atoms in total. The van der Waals surface area contributed by atoms with E-state index in [9.17, 15) is 4.79 Å². The Kier molecular flexibility index (Phi) is 2.72. The fraction of sp³-hybridized carbons (Fsp3) is 0.300. The SMILES string of the molecule is Cc1nc(CN(C)C(=O)c2ccoc2)n[nH]1. The fourth-order valence-electron chi connectivity index (χ4n) is 1.35. The van der Waals surface area contributed by atoms with Gasteiger partial charge < -0.3 is 9.32 Å². The second-order valence-electron chi connectivity index (χ2n) is 3.51. The van der Waals surface area contributed by atoms with Crippen LogP contribution in [-0.4, -0.2) is 33.0 Å². The van der Waals surface area contributed by atoms with Gasteiger partial charge in [-0.2, -0.15) is 5.10 Å². The normalized spacial score (nSPS) is 10.4. The van der Waals surface area contributed by atoms with Gasteiger partial charge in [-0.1, -0.05) is 0 Å². The molecule has 0 aliphatic rings. The van der Waals surface area contributed by atoms with Crippen LogP contribution in [-0.2, 0) is 6.54 Å². The van der Waals surface area contributed by atoms with Gasteiger partial charge in [0.25, 0.3) is 5.91 Å². The molecule has 0 radical (unpaired) electrons. The zero-order valence-corrected chi connectivity index (χ0v) is 9.10. The summed E-state index contributed by atoms with van der Waals surface area (Å²) in [7, 11) is 1.70. The molecule has 2 aromatic rings. The molecule has 0 fully saturated rings. The molecule has 0 aliphatic carbocycles. The van der Waals surface area contributed by atoms with Gasteiger partial charge in [0.1, 0.15) is 12.1 Å². The van der Waals surface area contributed by atoms with Crippen molar-refractivity contribution in [3.63, 3.8) is 0 Å². The van der Waals surface area contributed by atoms with Gasteiger partial charge in [-0.05, 0) is 13.0 Å². The van der Waals surface area contributed by atoms with Gasteiger partial charge in [0.2, 0.25) is 0 Å². The van der Waals surface area contributed by atoms with Crippen LogP contribution in [0.15, 0.2) is 23.0 Å². The van der Waals surface area contributed by atoms with Gasteiger partial charge in [-0.3, -0.25) is 9.89 Å². The highest BCUT2D eigenvalue weighted by atomic mass is 16.3. The second kappa shape index (κ2) is 4.18. The van der Waals surface area contributed by atoms with Gasteiger partial charge in [0, 0.05) is 7.05 Å². The van der Waals surface area contributed by atoms with Crippen LogP contribution >= 0.6 is 0 Å². The van der Waals surface area contributed by atoms with E-state index >= 15 is 0 Å². The molecular formula is C10H12N4O2. The summed E-state index contributed by atoms with van der Waals surface area (Å²) in [6.45, 7) is 2.18. The minimum atomic E-state index is -0.115. The highest BCUT2D eigenvalue weighted by Gasteiger charge is 2.14.